The van der Waals surface area contributed by atoms with Gasteiger partial charge in [0.25, 0.3) is 0 Å². The Morgan fingerprint density at radius 3 is 1.37 bits per heavy atom. The van der Waals surface area contributed by atoms with Crippen LogP contribution in [0, 0.1) is 0 Å². The van der Waals surface area contributed by atoms with Crippen molar-refractivity contribution in [1.29, 1.82) is 0 Å². The summed E-state index contributed by atoms with van der Waals surface area (Å²) in [5.74, 6) is 0. The molecule has 65 heavy (non-hydrogen) atoms. The molecule has 3 aliphatic rings. The molecule has 2 amide bonds. The molecule has 0 saturated carbocycles. The lowest BCUT2D eigenvalue weighted by molar-refractivity contribution is 0.00578. The molecule has 6 heterocycles. The van der Waals surface area contributed by atoms with Gasteiger partial charge in [0.2, 0.25) is 0 Å². The monoisotopic (exact) mass is 874 g/mol. The van der Waals surface area contributed by atoms with Crippen LogP contribution in [0.15, 0.2) is 91.0 Å². The normalized spacial score (nSPS) is 16.2. The van der Waals surface area contributed by atoms with Crippen molar-refractivity contribution in [2.24, 2.45) is 0 Å². The lowest BCUT2D eigenvalue weighted by atomic mass is 9.76. The fourth-order valence-corrected chi connectivity index (χ4v) is 8.19. The number of fused-ring (bicyclic) bond motifs is 8. The molecular formula is C52H59BN6O6. The summed E-state index contributed by atoms with van der Waals surface area (Å²) in [6.45, 7) is 19.2. The summed E-state index contributed by atoms with van der Waals surface area (Å²) < 4.78 is 25.2. The van der Waals surface area contributed by atoms with E-state index in [9.17, 15) is 9.59 Å². The molecule has 3 aliphatic heterocycles. The molecule has 13 heteroatoms. The number of rotatable bonds is 9. The number of carbonyl (C=O) groups is 2. The number of alkyl carbamates (subject to hydrolysis) is 2. The van der Waals surface area contributed by atoms with Crippen LogP contribution in [0.4, 0.5) is 9.59 Å². The first-order chi connectivity index (χ1) is 30.7. The van der Waals surface area contributed by atoms with Gasteiger partial charge in [-0.2, -0.15) is 0 Å². The van der Waals surface area contributed by atoms with Crippen LogP contribution < -0.4 is 16.1 Å². The zero-order valence-electron chi connectivity index (χ0n) is 39.0. The van der Waals surface area contributed by atoms with Crippen molar-refractivity contribution in [3.63, 3.8) is 0 Å². The first-order valence-corrected chi connectivity index (χ1v) is 22.3. The van der Waals surface area contributed by atoms with Crippen molar-refractivity contribution in [2.45, 2.75) is 117 Å². The number of ether oxygens (including phenoxy) is 2. The lowest BCUT2D eigenvalue weighted by Crippen LogP contribution is -2.41. The van der Waals surface area contributed by atoms with Gasteiger partial charge in [0.05, 0.1) is 46.1 Å². The molecule has 3 aromatic heterocycles. The molecule has 5 aromatic rings. The maximum absolute atomic E-state index is 13.7. The Kier molecular flexibility index (Phi) is 12.2. The van der Waals surface area contributed by atoms with E-state index in [4.69, 9.17) is 28.8 Å². The molecule has 8 bridgehead atoms. The molecule has 2 aromatic carbocycles. The van der Waals surface area contributed by atoms with Crippen LogP contribution in [0.5, 0.6) is 0 Å². The Morgan fingerprint density at radius 2 is 0.985 bits per heavy atom. The largest absolute Gasteiger partial charge is 0.499 e. The van der Waals surface area contributed by atoms with Crippen LogP contribution >= 0.6 is 0 Å². The maximum Gasteiger partial charge on any atom is 0.499 e. The van der Waals surface area contributed by atoms with E-state index in [1.54, 1.807) is 0 Å². The molecule has 1 saturated heterocycles. The van der Waals surface area contributed by atoms with Crippen molar-refractivity contribution in [1.82, 2.24) is 30.6 Å². The topological polar surface area (TPSA) is 152 Å². The van der Waals surface area contributed by atoms with Crippen LogP contribution in [-0.4, -0.2) is 61.6 Å². The molecule has 0 aliphatic carbocycles. The average Bonchev–Trinajstić information content (AvgIpc) is 4.06. The summed E-state index contributed by atoms with van der Waals surface area (Å²) in [5, 5.41) is 6.41. The standard InChI is InChI=1S/C52H59BN6O6/c1-49(2,3)62-47(60)58-42(29-32-17-13-11-14-18-32)44-36-23-21-34(54-36)31-35-22-24-37(55-35)45(43(30-33-19-15-12-16-20-33)59-48(61)63-50(4,5)6)39-26-28-41(57-39)46(40-27-25-38(44)56-40)53-64-51(7,8)52(9,10)65-53/h11-28,31,42-43,54-55H,29-30H2,1-10H3,(H,58,60)(H,59,61). The molecular weight excluding hydrogens is 815 g/mol. The second kappa shape index (κ2) is 17.5. The zero-order chi connectivity index (χ0) is 46.3. The minimum Gasteiger partial charge on any atom is -0.444 e. The SMILES string of the molecule is CC(C)(C)OC(=O)NC(Cc1ccccc1)c1c2nc(c(B3OC(C)(C)C(C)(C)O3)c3nc(c(C(Cc4ccccc4)NC(=O)OC(C)(C)C)c4ccc(cc5ccc1[nH]5)[nH]4)C=C3)C=C2. The minimum absolute atomic E-state index is 0.456. The number of aromatic amines is 2. The Bertz CT molecular complexity index is 2630. The van der Waals surface area contributed by atoms with Crippen LogP contribution in [0.2, 0.25) is 0 Å². The number of hydrogen-bond acceptors (Lipinski definition) is 8. The number of amides is 2. The number of aromatic nitrogens is 4. The molecule has 12 nitrogen and oxygen atoms in total. The third kappa shape index (κ3) is 10.4. The van der Waals surface area contributed by atoms with E-state index < -0.39 is 53.8 Å². The molecule has 2 atom stereocenters. The number of nitrogens with one attached hydrogen (secondary N) is 4. The predicted octanol–water partition coefficient (Wildman–Crippen LogP) is 10.6. The number of nitrogens with zero attached hydrogens (tertiary/aromatic N) is 2. The summed E-state index contributed by atoms with van der Waals surface area (Å²) in [4.78, 5) is 45.4. The second-order valence-electron chi connectivity index (χ2n) is 19.8. The quantitative estimate of drug-likeness (QED) is 0.105. The highest BCUT2D eigenvalue weighted by Gasteiger charge is 2.53. The van der Waals surface area contributed by atoms with Gasteiger partial charge in [-0.3, -0.25) is 0 Å². The molecule has 2 unspecified atom stereocenters. The summed E-state index contributed by atoms with van der Waals surface area (Å²) in [5.41, 5.74) is 7.05. The maximum atomic E-state index is 13.7. The fourth-order valence-electron chi connectivity index (χ4n) is 8.19. The van der Waals surface area contributed by atoms with Gasteiger partial charge in [0, 0.05) is 38.7 Å². The van der Waals surface area contributed by atoms with Gasteiger partial charge in [-0.1, -0.05) is 60.7 Å². The van der Waals surface area contributed by atoms with E-state index in [2.05, 4.69) is 20.6 Å². The van der Waals surface area contributed by atoms with Gasteiger partial charge < -0.3 is 39.4 Å². The predicted molar refractivity (Wildman–Crippen MR) is 259 cm³/mol. The molecule has 0 radical (unpaired) electrons. The van der Waals surface area contributed by atoms with Gasteiger partial charge >= 0.3 is 19.3 Å². The van der Waals surface area contributed by atoms with E-state index in [-0.39, 0.29) is 0 Å². The molecule has 336 valence electrons. The third-order valence-electron chi connectivity index (χ3n) is 11.8. The first kappa shape index (κ1) is 45.1. The van der Waals surface area contributed by atoms with E-state index in [1.165, 1.54) is 0 Å². The van der Waals surface area contributed by atoms with Crippen molar-refractivity contribution < 1.29 is 28.4 Å². The molecule has 8 rings (SSSR count). The lowest BCUT2D eigenvalue weighted by Gasteiger charge is -2.32. The van der Waals surface area contributed by atoms with Crippen LogP contribution in [0.1, 0.15) is 126 Å². The third-order valence-corrected chi connectivity index (χ3v) is 11.8. The highest BCUT2D eigenvalue weighted by Crippen LogP contribution is 2.38. The molecule has 4 N–H and O–H groups in total. The van der Waals surface area contributed by atoms with Crippen LogP contribution in [0.25, 0.3) is 46.4 Å². The summed E-state index contributed by atoms with van der Waals surface area (Å²) in [6.07, 6.45) is 7.66. The van der Waals surface area contributed by atoms with Crippen LogP contribution in [0.3, 0.4) is 0 Å². The average molecular weight is 875 g/mol. The first-order valence-electron chi connectivity index (χ1n) is 22.3. The van der Waals surface area contributed by atoms with Crippen LogP contribution in [-0.2, 0) is 31.6 Å². The van der Waals surface area contributed by atoms with E-state index in [0.29, 0.717) is 41.1 Å². The second-order valence-corrected chi connectivity index (χ2v) is 19.8. The van der Waals surface area contributed by atoms with Gasteiger partial charge in [-0.15, -0.1) is 0 Å². The van der Waals surface area contributed by atoms with E-state index >= 15 is 0 Å². The Hall–Kier alpha value is -6.44. The minimum atomic E-state index is -0.847. The number of benzene rings is 2. The number of carbonyl (C=O) groups excluding carboxylic acids is 2. The van der Waals surface area contributed by atoms with E-state index in [1.807, 2.05) is 185 Å². The molecule has 0 spiro atoms. The summed E-state index contributed by atoms with van der Waals surface area (Å²) in [6, 6.07) is 29.0. The number of hydrogen-bond donors (Lipinski definition) is 4. The van der Waals surface area contributed by atoms with Gasteiger partial charge in [-0.05, 0) is 148 Å². The fraction of sp³-hybridized carbons (Fsp3) is 0.346. The van der Waals surface area contributed by atoms with E-state index in [0.717, 1.165) is 44.3 Å². The molecule has 1 fully saturated rings. The summed E-state index contributed by atoms with van der Waals surface area (Å²) >= 11 is 0. The van der Waals surface area contributed by atoms with Gasteiger partial charge in [-0.25, -0.2) is 19.6 Å². The Morgan fingerprint density at radius 1 is 0.600 bits per heavy atom. The zero-order valence-corrected chi connectivity index (χ0v) is 39.0. The van der Waals surface area contributed by atoms with Crippen molar-refractivity contribution >= 4 is 71.1 Å². The van der Waals surface area contributed by atoms with Crippen molar-refractivity contribution in [2.75, 3.05) is 0 Å². The Labute approximate surface area is 381 Å². The smallest absolute Gasteiger partial charge is 0.444 e. The van der Waals surface area contributed by atoms with Crippen molar-refractivity contribution in [3.05, 3.63) is 136 Å². The Balaban J connectivity index is 1.41. The van der Waals surface area contributed by atoms with Gasteiger partial charge in [0.1, 0.15) is 11.2 Å². The summed E-state index contributed by atoms with van der Waals surface area (Å²) in [7, 11) is -0.847. The highest BCUT2D eigenvalue weighted by molar-refractivity contribution is 6.64. The highest BCUT2D eigenvalue weighted by atomic mass is 16.7. The van der Waals surface area contributed by atoms with Gasteiger partial charge in [0.15, 0.2) is 0 Å². The van der Waals surface area contributed by atoms with Crippen molar-refractivity contribution in [3.8, 4) is 0 Å². The number of H-pyrrole nitrogens is 2.